The Bertz CT molecular complexity index is 726. The minimum Gasteiger partial charge on any atom is -0.497 e. The second kappa shape index (κ2) is 8.42. The SMILES string of the molecule is COc1ccc(CN2CCN(c3ccc(C)nn3)C[C@@H]2CCO)c(F)c1. The first-order valence-corrected chi connectivity index (χ1v) is 8.83. The van der Waals surface area contributed by atoms with Gasteiger partial charge in [0.15, 0.2) is 5.82 Å². The number of piperazine rings is 1. The monoisotopic (exact) mass is 360 g/mol. The van der Waals surface area contributed by atoms with E-state index in [0.29, 0.717) is 24.3 Å². The highest BCUT2D eigenvalue weighted by Gasteiger charge is 2.28. The standard InChI is InChI=1S/C19H25FN4O2/c1-14-3-6-19(22-21-14)24-9-8-23(16(13-24)7-10-25)12-15-4-5-17(26-2)11-18(15)20/h3-6,11,16,25H,7-10,12-13H2,1-2H3/t16-/m0/s1. The summed E-state index contributed by atoms with van der Waals surface area (Å²) < 4.78 is 19.4. The van der Waals surface area contributed by atoms with E-state index in [1.165, 1.54) is 13.2 Å². The Labute approximate surface area is 153 Å². The van der Waals surface area contributed by atoms with Gasteiger partial charge in [-0.15, -0.1) is 5.10 Å². The van der Waals surface area contributed by atoms with E-state index >= 15 is 0 Å². The number of nitrogens with zero attached hydrogens (tertiary/aromatic N) is 4. The summed E-state index contributed by atoms with van der Waals surface area (Å²) in [5.74, 6) is 1.09. The van der Waals surface area contributed by atoms with Crippen molar-refractivity contribution in [2.45, 2.75) is 25.9 Å². The van der Waals surface area contributed by atoms with E-state index in [9.17, 15) is 9.50 Å². The molecule has 0 aliphatic carbocycles. The maximum Gasteiger partial charge on any atom is 0.151 e. The third-order valence-electron chi connectivity index (χ3n) is 4.81. The molecule has 1 N–H and O–H groups in total. The highest BCUT2D eigenvalue weighted by Crippen LogP contribution is 2.23. The molecule has 3 rings (SSSR count). The number of aryl methyl sites for hydroxylation is 1. The zero-order valence-electron chi connectivity index (χ0n) is 15.2. The molecule has 1 atom stereocenters. The molecule has 0 bridgehead atoms. The number of aliphatic hydroxyl groups is 1. The second-order valence-electron chi connectivity index (χ2n) is 6.57. The fraction of sp³-hybridized carbons (Fsp3) is 0.474. The average Bonchev–Trinajstić information content (AvgIpc) is 2.65. The molecular formula is C19H25FN4O2. The summed E-state index contributed by atoms with van der Waals surface area (Å²) in [7, 11) is 1.53. The normalized spacial score (nSPS) is 18.2. The smallest absolute Gasteiger partial charge is 0.151 e. The number of aliphatic hydroxyl groups excluding tert-OH is 1. The van der Waals surface area contributed by atoms with Crippen LogP contribution in [0.1, 0.15) is 17.7 Å². The van der Waals surface area contributed by atoms with Crippen LogP contribution in [-0.4, -0.2) is 59.6 Å². The van der Waals surface area contributed by atoms with Gasteiger partial charge in [-0.2, -0.15) is 5.10 Å². The van der Waals surface area contributed by atoms with Gasteiger partial charge in [-0.3, -0.25) is 4.90 Å². The molecule has 26 heavy (non-hydrogen) atoms. The number of aromatic nitrogens is 2. The Morgan fingerprint density at radius 1 is 1.23 bits per heavy atom. The van der Waals surface area contributed by atoms with Gasteiger partial charge in [0.05, 0.1) is 12.8 Å². The Balaban J connectivity index is 1.71. The minimum absolute atomic E-state index is 0.0969. The van der Waals surface area contributed by atoms with Crippen molar-refractivity contribution in [3.05, 3.63) is 47.4 Å². The zero-order valence-corrected chi connectivity index (χ0v) is 15.2. The van der Waals surface area contributed by atoms with Gasteiger partial charge in [-0.1, -0.05) is 6.07 Å². The summed E-state index contributed by atoms with van der Waals surface area (Å²) in [5.41, 5.74) is 1.52. The molecule has 140 valence electrons. The predicted molar refractivity (Wildman–Crippen MR) is 97.8 cm³/mol. The second-order valence-corrected chi connectivity index (χ2v) is 6.57. The van der Waals surface area contributed by atoms with Crippen LogP contribution in [0.5, 0.6) is 5.75 Å². The van der Waals surface area contributed by atoms with Gasteiger partial charge >= 0.3 is 0 Å². The van der Waals surface area contributed by atoms with Crippen LogP contribution in [0.2, 0.25) is 0 Å². The Morgan fingerprint density at radius 3 is 2.73 bits per heavy atom. The summed E-state index contributed by atoms with van der Waals surface area (Å²) in [5, 5.41) is 17.8. The fourth-order valence-corrected chi connectivity index (χ4v) is 3.29. The fourth-order valence-electron chi connectivity index (χ4n) is 3.29. The van der Waals surface area contributed by atoms with Crippen LogP contribution in [0.15, 0.2) is 30.3 Å². The molecule has 6 nitrogen and oxygen atoms in total. The predicted octanol–water partition coefficient (Wildman–Crippen LogP) is 2.01. The molecule has 7 heteroatoms. The van der Waals surface area contributed by atoms with Gasteiger partial charge in [0.2, 0.25) is 0 Å². The van der Waals surface area contributed by atoms with E-state index in [1.807, 2.05) is 19.1 Å². The minimum atomic E-state index is -0.265. The largest absolute Gasteiger partial charge is 0.497 e. The van der Waals surface area contributed by atoms with Crippen molar-refractivity contribution in [3.63, 3.8) is 0 Å². The number of rotatable bonds is 6. The lowest BCUT2D eigenvalue weighted by Crippen LogP contribution is -2.53. The molecule has 2 aromatic rings. The third-order valence-corrected chi connectivity index (χ3v) is 4.81. The molecule has 0 amide bonds. The number of halogens is 1. The molecule has 0 saturated carbocycles. The van der Waals surface area contributed by atoms with E-state index < -0.39 is 0 Å². The highest BCUT2D eigenvalue weighted by atomic mass is 19.1. The number of benzene rings is 1. The molecule has 1 saturated heterocycles. The molecule has 1 aromatic heterocycles. The maximum atomic E-state index is 14.3. The van der Waals surface area contributed by atoms with Gasteiger partial charge in [0, 0.05) is 50.5 Å². The molecule has 0 spiro atoms. The first-order chi connectivity index (χ1) is 12.6. The van der Waals surface area contributed by atoms with Gasteiger partial charge in [-0.25, -0.2) is 4.39 Å². The van der Waals surface area contributed by atoms with Crippen molar-refractivity contribution < 1.29 is 14.2 Å². The Kier molecular flexibility index (Phi) is 6.00. The average molecular weight is 360 g/mol. The van der Waals surface area contributed by atoms with Crippen molar-refractivity contribution in [1.82, 2.24) is 15.1 Å². The lowest BCUT2D eigenvalue weighted by molar-refractivity contribution is 0.134. The number of hydrogen-bond donors (Lipinski definition) is 1. The van der Waals surface area contributed by atoms with Gasteiger partial charge in [0.25, 0.3) is 0 Å². The summed E-state index contributed by atoms with van der Waals surface area (Å²) >= 11 is 0. The number of methoxy groups -OCH3 is 1. The van der Waals surface area contributed by atoms with Crippen LogP contribution < -0.4 is 9.64 Å². The van der Waals surface area contributed by atoms with Gasteiger partial charge in [0.1, 0.15) is 11.6 Å². The maximum absolute atomic E-state index is 14.3. The summed E-state index contributed by atoms with van der Waals surface area (Å²) in [6.45, 7) is 4.81. The first-order valence-electron chi connectivity index (χ1n) is 8.83. The Hall–Kier alpha value is -2.25. The van der Waals surface area contributed by atoms with E-state index in [1.54, 1.807) is 12.1 Å². The summed E-state index contributed by atoms with van der Waals surface area (Å²) in [6, 6.07) is 8.99. The van der Waals surface area contributed by atoms with Crippen LogP contribution in [0.4, 0.5) is 10.2 Å². The summed E-state index contributed by atoms with van der Waals surface area (Å²) in [6.07, 6.45) is 0.633. The van der Waals surface area contributed by atoms with Crippen LogP contribution >= 0.6 is 0 Å². The van der Waals surface area contributed by atoms with Crippen molar-refractivity contribution in [2.24, 2.45) is 0 Å². The number of ether oxygens (including phenoxy) is 1. The van der Waals surface area contributed by atoms with Crippen molar-refractivity contribution >= 4 is 5.82 Å². The molecule has 1 fully saturated rings. The zero-order chi connectivity index (χ0) is 18.5. The van der Waals surface area contributed by atoms with Crippen LogP contribution in [0.25, 0.3) is 0 Å². The van der Waals surface area contributed by atoms with E-state index in [2.05, 4.69) is 20.0 Å². The van der Waals surface area contributed by atoms with Crippen LogP contribution in [0.3, 0.4) is 0 Å². The van der Waals surface area contributed by atoms with Crippen LogP contribution in [0, 0.1) is 12.7 Å². The third kappa shape index (κ3) is 4.28. The lowest BCUT2D eigenvalue weighted by atomic mass is 10.1. The molecule has 0 radical (unpaired) electrons. The van der Waals surface area contributed by atoms with Gasteiger partial charge in [-0.05, 0) is 31.5 Å². The molecule has 1 aromatic carbocycles. The first kappa shape index (κ1) is 18.5. The molecule has 0 unspecified atom stereocenters. The van der Waals surface area contributed by atoms with E-state index in [4.69, 9.17) is 4.74 Å². The molecule has 2 heterocycles. The van der Waals surface area contributed by atoms with Crippen LogP contribution in [-0.2, 0) is 6.54 Å². The van der Waals surface area contributed by atoms with Crippen molar-refractivity contribution in [1.29, 1.82) is 0 Å². The van der Waals surface area contributed by atoms with Crippen molar-refractivity contribution in [3.8, 4) is 5.75 Å². The number of hydrogen-bond acceptors (Lipinski definition) is 6. The van der Waals surface area contributed by atoms with Crippen molar-refractivity contribution in [2.75, 3.05) is 38.3 Å². The Morgan fingerprint density at radius 2 is 2.08 bits per heavy atom. The van der Waals surface area contributed by atoms with Gasteiger partial charge < -0.3 is 14.7 Å². The highest BCUT2D eigenvalue weighted by molar-refractivity contribution is 5.38. The quantitative estimate of drug-likeness (QED) is 0.850. The molecule has 1 aliphatic heterocycles. The van der Waals surface area contributed by atoms with E-state index in [0.717, 1.165) is 31.1 Å². The summed E-state index contributed by atoms with van der Waals surface area (Å²) in [4.78, 5) is 4.40. The number of anilines is 1. The topological polar surface area (TPSA) is 61.7 Å². The molecular weight excluding hydrogens is 335 g/mol. The lowest BCUT2D eigenvalue weighted by Gasteiger charge is -2.41. The van der Waals surface area contributed by atoms with E-state index in [-0.39, 0.29) is 18.5 Å². The molecule has 1 aliphatic rings.